The molecule has 0 radical (unpaired) electrons. The van der Waals surface area contributed by atoms with Gasteiger partial charge in [0.1, 0.15) is 16.5 Å². The lowest BCUT2D eigenvalue weighted by Crippen LogP contribution is -2.29. The molecule has 9 nitrogen and oxygen atoms in total. The number of pyridine rings is 1. The Labute approximate surface area is 183 Å². The molecule has 0 saturated heterocycles. The molecule has 11 heteroatoms. The van der Waals surface area contributed by atoms with Crippen LogP contribution in [0.5, 0.6) is 5.75 Å². The van der Waals surface area contributed by atoms with Crippen LogP contribution in [0.4, 0.5) is 17.3 Å². The van der Waals surface area contributed by atoms with Crippen molar-refractivity contribution in [3.05, 3.63) is 59.3 Å². The first-order valence-corrected chi connectivity index (χ1v) is 11.4. The summed E-state index contributed by atoms with van der Waals surface area (Å²) in [5, 5.41) is 14.3. The molecule has 0 unspecified atom stereocenters. The van der Waals surface area contributed by atoms with Crippen molar-refractivity contribution >= 4 is 43.3 Å². The fraction of sp³-hybridized carbons (Fsp3) is 0.211. The average molecular weight is 493 g/mol. The normalized spacial score (nSPS) is 11.1. The first kappa shape index (κ1) is 21.9. The standard InChI is InChI=1S/C19H21BrN6O3S/c1-2-29-16-6-5-14(20)12-17(16)30(27,28)23-11-10-22-18-7-8-19(26-25-18)24-15-4-3-9-21-13-15/h3-9,12-13,23H,2,10-11H2,1H3,(H,22,25)(H,24,26). The molecule has 0 atom stereocenters. The van der Waals surface area contributed by atoms with E-state index >= 15 is 0 Å². The van der Waals surface area contributed by atoms with Gasteiger partial charge >= 0.3 is 0 Å². The van der Waals surface area contributed by atoms with Gasteiger partial charge in [-0.1, -0.05) is 15.9 Å². The molecular formula is C19H21BrN6O3S. The maximum absolute atomic E-state index is 12.6. The van der Waals surface area contributed by atoms with Gasteiger partial charge in [-0.05, 0) is 49.4 Å². The first-order chi connectivity index (χ1) is 14.5. The van der Waals surface area contributed by atoms with Crippen molar-refractivity contribution in [1.29, 1.82) is 0 Å². The van der Waals surface area contributed by atoms with Crippen molar-refractivity contribution in [1.82, 2.24) is 19.9 Å². The maximum atomic E-state index is 12.6. The Kier molecular flexibility index (Phi) is 7.55. The van der Waals surface area contributed by atoms with E-state index in [2.05, 4.69) is 46.5 Å². The Morgan fingerprint density at radius 1 is 1.07 bits per heavy atom. The largest absolute Gasteiger partial charge is 0.492 e. The van der Waals surface area contributed by atoms with Crippen molar-refractivity contribution in [2.24, 2.45) is 0 Å². The third-order valence-electron chi connectivity index (χ3n) is 3.82. The minimum Gasteiger partial charge on any atom is -0.492 e. The zero-order chi connectivity index (χ0) is 21.4. The minimum absolute atomic E-state index is 0.0874. The van der Waals surface area contributed by atoms with Gasteiger partial charge in [0.15, 0.2) is 5.82 Å². The van der Waals surface area contributed by atoms with Gasteiger partial charge in [0.25, 0.3) is 0 Å². The summed E-state index contributed by atoms with van der Waals surface area (Å²) in [6.07, 6.45) is 3.37. The molecule has 0 spiro atoms. The van der Waals surface area contributed by atoms with Crippen LogP contribution in [-0.4, -0.2) is 43.3 Å². The van der Waals surface area contributed by atoms with Crippen molar-refractivity contribution in [2.45, 2.75) is 11.8 Å². The Hall–Kier alpha value is -2.76. The number of anilines is 3. The molecule has 0 aliphatic heterocycles. The highest BCUT2D eigenvalue weighted by atomic mass is 79.9. The van der Waals surface area contributed by atoms with Crippen LogP contribution < -0.4 is 20.1 Å². The number of nitrogens with zero attached hydrogens (tertiary/aromatic N) is 3. The lowest BCUT2D eigenvalue weighted by molar-refractivity contribution is 0.331. The number of ether oxygens (including phenoxy) is 1. The molecule has 0 saturated carbocycles. The molecule has 0 aliphatic rings. The van der Waals surface area contributed by atoms with E-state index in [1.807, 2.05) is 12.1 Å². The lowest BCUT2D eigenvalue weighted by atomic mass is 10.3. The monoisotopic (exact) mass is 492 g/mol. The molecule has 0 aliphatic carbocycles. The molecule has 0 amide bonds. The molecule has 3 rings (SSSR count). The van der Waals surface area contributed by atoms with Gasteiger partial charge in [0, 0.05) is 23.8 Å². The van der Waals surface area contributed by atoms with Gasteiger partial charge in [-0.2, -0.15) is 0 Å². The highest BCUT2D eigenvalue weighted by molar-refractivity contribution is 9.10. The highest BCUT2D eigenvalue weighted by Crippen LogP contribution is 2.27. The van der Waals surface area contributed by atoms with Crippen LogP contribution in [0, 0.1) is 0 Å². The zero-order valence-corrected chi connectivity index (χ0v) is 18.6. The first-order valence-electron chi connectivity index (χ1n) is 9.14. The van der Waals surface area contributed by atoms with E-state index in [1.54, 1.807) is 43.6 Å². The van der Waals surface area contributed by atoms with E-state index in [0.29, 0.717) is 35.0 Å². The number of benzene rings is 1. The second-order valence-electron chi connectivity index (χ2n) is 6.02. The van der Waals surface area contributed by atoms with Crippen molar-refractivity contribution in [3.8, 4) is 5.75 Å². The lowest BCUT2D eigenvalue weighted by Gasteiger charge is -2.13. The van der Waals surface area contributed by atoms with Crippen LogP contribution in [0.3, 0.4) is 0 Å². The summed E-state index contributed by atoms with van der Waals surface area (Å²) in [5.74, 6) is 1.42. The number of aromatic nitrogens is 3. The average Bonchev–Trinajstić information content (AvgIpc) is 2.74. The van der Waals surface area contributed by atoms with Gasteiger partial charge in [0.2, 0.25) is 10.0 Å². The summed E-state index contributed by atoms with van der Waals surface area (Å²) in [5.41, 5.74) is 0.806. The second kappa shape index (κ2) is 10.3. The van der Waals surface area contributed by atoms with Gasteiger partial charge in [-0.25, -0.2) is 13.1 Å². The van der Waals surface area contributed by atoms with Crippen molar-refractivity contribution in [2.75, 3.05) is 30.3 Å². The molecule has 158 valence electrons. The van der Waals surface area contributed by atoms with Crippen LogP contribution in [0.1, 0.15) is 6.92 Å². The summed E-state index contributed by atoms with van der Waals surface area (Å²) in [6, 6.07) is 12.1. The van der Waals surface area contributed by atoms with Crippen molar-refractivity contribution in [3.63, 3.8) is 0 Å². The quantitative estimate of drug-likeness (QED) is 0.369. The van der Waals surface area contributed by atoms with Gasteiger partial charge in [-0.3, -0.25) is 4.98 Å². The van der Waals surface area contributed by atoms with E-state index in [1.165, 1.54) is 6.07 Å². The smallest absolute Gasteiger partial charge is 0.244 e. The van der Waals surface area contributed by atoms with Gasteiger partial charge in [0.05, 0.1) is 18.5 Å². The number of sulfonamides is 1. The van der Waals surface area contributed by atoms with Crippen LogP contribution in [0.15, 0.2) is 64.2 Å². The highest BCUT2D eigenvalue weighted by Gasteiger charge is 2.19. The van der Waals surface area contributed by atoms with Gasteiger partial charge < -0.3 is 15.4 Å². The van der Waals surface area contributed by atoms with E-state index in [4.69, 9.17) is 4.74 Å². The summed E-state index contributed by atoms with van der Waals surface area (Å²) >= 11 is 3.29. The number of halogens is 1. The Morgan fingerprint density at radius 2 is 1.87 bits per heavy atom. The number of hydrogen-bond acceptors (Lipinski definition) is 8. The minimum atomic E-state index is -3.73. The third kappa shape index (κ3) is 6.12. The molecule has 0 bridgehead atoms. The number of hydrogen-bond donors (Lipinski definition) is 3. The molecule has 2 aromatic heterocycles. The maximum Gasteiger partial charge on any atom is 0.244 e. The van der Waals surface area contributed by atoms with Crippen LogP contribution in [-0.2, 0) is 10.0 Å². The fourth-order valence-corrected chi connectivity index (χ4v) is 4.21. The fourth-order valence-electron chi connectivity index (χ4n) is 2.50. The van der Waals surface area contributed by atoms with Crippen LogP contribution in [0.2, 0.25) is 0 Å². The third-order valence-corrected chi connectivity index (χ3v) is 5.79. The van der Waals surface area contributed by atoms with Crippen LogP contribution in [0.25, 0.3) is 0 Å². The van der Waals surface area contributed by atoms with E-state index in [9.17, 15) is 8.42 Å². The predicted molar refractivity (Wildman–Crippen MR) is 119 cm³/mol. The molecular weight excluding hydrogens is 472 g/mol. The number of rotatable bonds is 10. The second-order valence-corrected chi connectivity index (χ2v) is 8.67. The molecule has 0 fully saturated rings. The zero-order valence-electron chi connectivity index (χ0n) is 16.2. The topological polar surface area (TPSA) is 118 Å². The van der Waals surface area contributed by atoms with E-state index in [-0.39, 0.29) is 11.4 Å². The summed E-state index contributed by atoms with van der Waals surface area (Å²) in [6.45, 7) is 2.67. The summed E-state index contributed by atoms with van der Waals surface area (Å²) in [4.78, 5) is 4.11. The Balaban J connectivity index is 1.52. The SMILES string of the molecule is CCOc1ccc(Br)cc1S(=O)(=O)NCCNc1ccc(Nc2cccnc2)nn1. The molecule has 1 aromatic carbocycles. The van der Waals surface area contributed by atoms with E-state index in [0.717, 1.165) is 5.69 Å². The molecule has 3 aromatic rings. The summed E-state index contributed by atoms with van der Waals surface area (Å²) < 4.78 is 33.9. The summed E-state index contributed by atoms with van der Waals surface area (Å²) in [7, 11) is -3.73. The Morgan fingerprint density at radius 3 is 2.57 bits per heavy atom. The van der Waals surface area contributed by atoms with Crippen molar-refractivity contribution < 1.29 is 13.2 Å². The predicted octanol–water partition coefficient (Wildman–Crippen LogP) is 3.17. The van der Waals surface area contributed by atoms with Gasteiger partial charge in [-0.15, -0.1) is 10.2 Å². The Bertz CT molecular complexity index is 1070. The number of nitrogens with one attached hydrogen (secondary N) is 3. The van der Waals surface area contributed by atoms with E-state index < -0.39 is 10.0 Å². The molecule has 2 heterocycles. The molecule has 3 N–H and O–H groups in total. The van der Waals surface area contributed by atoms with Crippen LogP contribution >= 0.6 is 15.9 Å². The molecule has 30 heavy (non-hydrogen) atoms.